The summed E-state index contributed by atoms with van der Waals surface area (Å²) in [5.74, 6) is 0.786. The van der Waals surface area contributed by atoms with Crippen LogP contribution in [0.2, 0.25) is 0 Å². The topological polar surface area (TPSA) is 109 Å². The van der Waals surface area contributed by atoms with E-state index in [2.05, 4.69) is 15.5 Å². The molecule has 1 aliphatic heterocycles. The molecular weight excluding hydrogens is 579 g/mol. The second-order valence-corrected chi connectivity index (χ2v) is 11.3. The van der Waals surface area contributed by atoms with Gasteiger partial charge >= 0.3 is 0 Å². The Morgan fingerprint density at radius 3 is 2.24 bits per heavy atom. The predicted octanol–water partition coefficient (Wildman–Crippen LogP) is 4.15. The van der Waals surface area contributed by atoms with E-state index < -0.39 is 12.1 Å². The van der Waals surface area contributed by atoms with Crippen LogP contribution < -0.4 is 35.2 Å². The summed E-state index contributed by atoms with van der Waals surface area (Å²) in [5, 5.41) is 6.14. The van der Waals surface area contributed by atoms with Crippen molar-refractivity contribution in [3.63, 3.8) is 0 Å². The molecule has 2 aliphatic rings. The van der Waals surface area contributed by atoms with Gasteiger partial charge in [-0.05, 0) is 78.9 Å². The quantitative estimate of drug-likeness (QED) is 0.388. The third-order valence-corrected chi connectivity index (χ3v) is 8.44. The average molecular weight is 619 g/mol. The van der Waals surface area contributed by atoms with Crippen molar-refractivity contribution >= 4 is 23.2 Å². The normalized spacial score (nSPS) is 16.4. The Bertz CT molecular complexity index is 1640. The minimum Gasteiger partial charge on any atom is -0.493 e. The maximum atomic E-state index is 13.7. The van der Waals surface area contributed by atoms with E-state index in [0.29, 0.717) is 67.4 Å². The molecule has 5 rings (SSSR count). The first-order valence-electron chi connectivity index (χ1n) is 15.0. The fraction of sp³-hybridized carbons (Fsp3) is 0.382. The van der Waals surface area contributed by atoms with Crippen molar-refractivity contribution in [2.24, 2.45) is 0 Å². The molecule has 238 valence electrons. The van der Waals surface area contributed by atoms with Crippen LogP contribution in [0.5, 0.6) is 17.2 Å². The summed E-state index contributed by atoms with van der Waals surface area (Å²) in [4.78, 5) is 43.2. The van der Waals surface area contributed by atoms with Crippen LogP contribution in [0.3, 0.4) is 0 Å². The molecule has 0 spiro atoms. The summed E-state index contributed by atoms with van der Waals surface area (Å²) in [6, 6.07) is 12.2. The lowest BCUT2D eigenvalue weighted by Gasteiger charge is -2.37. The van der Waals surface area contributed by atoms with Crippen LogP contribution in [0.25, 0.3) is 11.1 Å². The Morgan fingerprint density at radius 2 is 1.62 bits per heavy atom. The maximum absolute atomic E-state index is 13.7. The third kappa shape index (κ3) is 6.52. The second-order valence-electron chi connectivity index (χ2n) is 11.3. The van der Waals surface area contributed by atoms with Gasteiger partial charge in [0.25, 0.3) is 0 Å². The van der Waals surface area contributed by atoms with E-state index in [0.717, 1.165) is 16.8 Å². The Hall–Kier alpha value is -4.80. The first kappa shape index (κ1) is 31.6. The lowest BCUT2D eigenvalue weighted by atomic mass is 9.95. The van der Waals surface area contributed by atoms with E-state index in [1.165, 1.54) is 32.2 Å². The number of hydrogen-bond acceptors (Lipinski definition) is 8. The maximum Gasteiger partial charge on any atom is 0.244 e. The number of nitrogens with one attached hydrogen (secondary N) is 2. The highest BCUT2D eigenvalue weighted by Gasteiger charge is 2.30. The molecule has 1 saturated heterocycles. The molecule has 0 unspecified atom stereocenters. The fourth-order valence-electron chi connectivity index (χ4n) is 6.23. The van der Waals surface area contributed by atoms with Gasteiger partial charge < -0.3 is 34.6 Å². The number of methoxy groups -OCH3 is 3. The van der Waals surface area contributed by atoms with Gasteiger partial charge in [-0.3, -0.25) is 14.4 Å². The Balaban J connectivity index is 1.45. The zero-order valence-corrected chi connectivity index (χ0v) is 26.2. The molecule has 3 aromatic rings. The molecule has 0 bridgehead atoms. The summed E-state index contributed by atoms with van der Waals surface area (Å²) < 4.78 is 30.4. The number of carbonyl (C=O) groups excluding carboxylic acids is 2. The lowest BCUT2D eigenvalue weighted by Crippen LogP contribution is -2.52. The highest BCUT2D eigenvalue weighted by Crippen LogP contribution is 2.50. The van der Waals surface area contributed by atoms with E-state index in [9.17, 15) is 18.8 Å². The van der Waals surface area contributed by atoms with E-state index >= 15 is 0 Å². The molecule has 0 radical (unpaired) electrons. The van der Waals surface area contributed by atoms with Crippen molar-refractivity contribution in [2.75, 3.05) is 57.7 Å². The van der Waals surface area contributed by atoms with E-state index in [-0.39, 0.29) is 28.7 Å². The van der Waals surface area contributed by atoms with Crippen LogP contribution in [0.15, 0.2) is 53.3 Å². The van der Waals surface area contributed by atoms with Gasteiger partial charge in [0.05, 0.1) is 33.1 Å². The molecule has 1 aliphatic carbocycles. The molecule has 3 aromatic carbocycles. The van der Waals surface area contributed by atoms with Gasteiger partial charge in [0, 0.05) is 44.4 Å². The molecule has 1 heterocycles. The van der Waals surface area contributed by atoms with Crippen molar-refractivity contribution in [2.45, 2.75) is 38.8 Å². The zero-order valence-electron chi connectivity index (χ0n) is 26.2. The van der Waals surface area contributed by atoms with Crippen LogP contribution >= 0.6 is 0 Å². The average Bonchev–Trinajstić information content (AvgIpc) is 3.28. The molecule has 0 aromatic heterocycles. The van der Waals surface area contributed by atoms with Gasteiger partial charge in [0.2, 0.25) is 23.0 Å². The molecular formula is C34H39FN4O6. The number of fused-ring (bicyclic) bond motifs is 3. The number of halogens is 1. The molecule has 2 amide bonds. The van der Waals surface area contributed by atoms with Gasteiger partial charge in [-0.25, -0.2) is 4.39 Å². The number of nitrogens with zero attached hydrogens (tertiary/aromatic N) is 2. The number of amides is 2. The second kappa shape index (κ2) is 13.5. The number of hydrogen-bond donors (Lipinski definition) is 2. The van der Waals surface area contributed by atoms with E-state index in [4.69, 9.17) is 14.2 Å². The number of piperazine rings is 1. The summed E-state index contributed by atoms with van der Waals surface area (Å²) >= 11 is 0. The van der Waals surface area contributed by atoms with Crippen molar-refractivity contribution in [1.82, 2.24) is 10.2 Å². The SMILES string of the molecule is COc1cc2c(c(OC)c1OC)-c1ccc(N[C@@H](C)C(=O)N3CCN(c4ccc(F)cc4)CC3)c(=O)cc1[C@@H](NC(C)=O)CC2. The van der Waals surface area contributed by atoms with Crippen LogP contribution in [0.1, 0.15) is 37.4 Å². The number of benzene rings is 2. The van der Waals surface area contributed by atoms with Crippen molar-refractivity contribution in [3.05, 3.63) is 75.7 Å². The number of rotatable bonds is 8. The van der Waals surface area contributed by atoms with Gasteiger partial charge in [-0.2, -0.15) is 0 Å². The highest BCUT2D eigenvalue weighted by atomic mass is 19.1. The molecule has 45 heavy (non-hydrogen) atoms. The summed E-state index contributed by atoms with van der Waals surface area (Å²) in [5.41, 5.74) is 3.89. The Kier molecular flexibility index (Phi) is 9.45. The first-order chi connectivity index (χ1) is 21.6. The molecule has 10 nitrogen and oxygen atoms in total. The van der Waals surface area contributed by atoms with Crippen LogP contribution in [0.4, 0.5) is 15.8 Å². The van der Waals surface area contributed by atoms with Crippen molar-refractivity contribution in [1.29, 1.82) is 0 Å². The number of ether oxygens (including phenoxy) is 3. The Morgan fingerprint density at radius 1 is 0.933 bits per heavy atom. The van der Waals surface area contributed by atoms with Gasteiger partial charge in [-0.1, -0.05) is 6.07 Å². The van der Waals surface area contributed by atoms with Gasteiger partial charge in [0.15, 0.2) is 11.5 Å². The highest BCUT2D eigenvalue weighted by molar-refractivity contribution is 5.86. The van der Waals surface area contributed by atoms with E-state index in [1.807, 2.05) is 12.1 Å². The molecule has 2 atom stereocenters. The van der Waals surface area contributed by atoms with Crippen molar-refractivity contribution in [3.8, 4) is 28.4 Å². The monoisotopic (exact) mass is 618 g/mol. The standard InChI is InChI=1S/C34H39FN4O6/c1-20(34(42)39-16-14-38(15-17-39)24-9-7-23(35)8-10-24)36-28-13-11-25-26(19-29(28)41)27(37-21(2)40)12-6-22-18-30(43-3)32(44-4)33(45-5)31(22)25/h7-11,13,18-20,27H,6,12,14-17H2,1-5H3,(H,36,41)(H,37,40)/t20-,27-/m0/s1. The van der Waals surface area contributed by atoms with Crippen LogP contribution in [-0.2, 0) is 16.0 Å². The van der Waals surface area contributed by atoms with Gasteiger partial charge in [-0.15, -0.1) is 0 Å². The summed E-state index contributed by atoms with van der Waals surface area (Å²) in [6.45, 7) is 5.42. The third-order valence-electron chi connectivity index (χ3n) is 8.44. The number of aryl methyl sites for hydroxylation is 1. The smallest absolute Gasteiger partial charge is 0.244 e. The minimum absolute atomic E-state index is 0.124. The number of anilines is 2. The summed E-state index contributed by atoms with van der Waals surface area (Å²) in [6.07, 6.45) is 1.14. The lowest BCUT2D eigenvalue weighted by molar-refractivity contribution is -0.132. The van der Waals surface area contributed by atoms with Crippen molar-refractivity contribution < 1.29 is 28.2 Å². The number of carbonyl (C=O) groups is 2. The van der Waals surface area contributed by atoms with Crippen LogP contribution in [-0.4, -0.2) is 70.3 Å². The zero-order chi connectivity index (χ0) is 32.2. The fourth-order valence-corrected chi connectivity index (χ4v) is 6.23. The molecule has 2 N–H and O–H groups in total. The molecule has 11 heteroatoms. The first-order valence-corrected chi connectivity index (χ1v) is 15.0. The van der Waals surface area contributed by atoms with E-state index in [1.54, 1.807) is 44.2 Å². The minimum atomic E-state index is -0.672. The van der Waals surface area contributed by atoms with Crippen LogP contribution in [0, 0.1) is 5.82 Å². The molecule has 0 saturated carbocycles. The Labute approximate surface area is 262 Å². The van der Waals surface area contributed by atoms with Gasteiger partial charge in [0.1, 0.15) is 11.9 Å². The largest absolute Gasteiger partial charge is 0.493 e. The summed E-state index contributed by atoms with van der Waals surface area (Å²) in [7, 11) is 4.65. The molecule has 1 fully saturated rings. The predicted molar refractivity (Wildman–Crippen MR) is 171 cm³/mol.